The molecule has 0 spiro atoms. The summed E-state index contributed by atoms with van der Waals surface area (Å²) in [6.45, 7) is 2.32. The van der Waals surface area contributed by atoms with Crippen LogP contribution in [0.15, 0.2) is 18.2 Å². The summed E-state index contributed by atoms with van der Waals surface area (Å²) in [7, 11) is -3.51. The van der Waals surface area contributed by atoms with Gasteiger partial charge in [0, 0.05) is 12.8 Å². The minimum atomic E-state index is -4.71. The zero-order valence-corrected chi connectivity index (χ0v) is 12.9. The Hall–Kier alpha value is -1.64. The molecular weight excluding hydrogens is 326 g/mol. The normalized spacial score (nSPS) is 13.0. The number of hydrogen-bond acceptors (Lipinski definition) is 3. The van der Waals surface area contributed by atoms with Crippen LogP contribution in [0.4, 0.5) is 17.6 Å². The molecule has 0 aliphatic rings. The first-order chi connectivity index (χ1) is 9.75. The average Bonchev–Trinajstić information content (AvgIpc) is 2.33. The molecule has 0 heterocycles. The lowest BCUT2D eigenvalue weighted by Crippen LogP contribution is -2.44. The lowest BCUT2D eigenvalue weighted by Gasteiger charge is -2.22. The molecule has 0 saturated carbocycles. The number of nitrogens with one attached hydrogen (secondary N) is 1. The highest BCUT2D eigenvalue weighted by atomic mass is 32.2. The van der Waals surface area contributed by atoms with Gasteiger partial charge in [-0.05, 0) is 32.0 Å². The number of halogens is 4. The molecule has 0 aromatic heterocycles. The summed E-state index contributed by atoms with van der Waals surface area (Å²) in [5.41, 5.74) is -1.96. The lowest BCUT2D eigenvalue weighted by molar-refractivity contribution is -0.137. The monoisotopic (exact) mass is 341 g/mol. The van der Waals surface area contributed by atoms with Gasteiger partial charge in [0.2, 0.25) is 0 Å². The maximum Gasteiger partial charge on any atom is 0.416 e. The maximum atomic E-state index is 13.5. The highest BCUT2D eigenvalue weighted by molar-refractivity contribution is 7.92. The SMILES string of the molecule is CC(C)(CNC(=O)c1cc(C(F)(F)F)ccc1F)S(C)(=O)=O. The van der Waals surface area contributed by atoms with Gasteiger partial charge in [0.15, 0.2) is 9.84 Å². The van der Waals surface area contributed by atoms with Crippen molar-refractivity contribution in [3.05, 3.63) is 35.1 Å². The van der Waals surface area contributed by atoms with Crippen LogP contribution in [-0.2, 0) is 16.0 Å². The van der Waals surface area contributed by atoms with Crippen LogP contribution in [0.3, 0.4) is 0 Å². The second-order valence-electron chi connectivity index (χ2n) is 5.41. The topological polar surface area (TPSA) is 63.2 Å². The summed E-state index contributed by atoms with van der Waals surface area (Å²) < 4.78 is 72.8. The molecule has 0 unspecified atom stereocenters. The van der Waals surface area contributed by atoms with E-state index in [0.29, 0.717) is 18.2 Å². The van der Waals surface area contributed by atoms with Crippen LogP contribution in [0, 0.1) is 5.82 Å². The van der Waals surface area contributed by atoms with E-state index in [1.807, 2.05) is 0 Å². The van der Waals surface area contributed by atoms with Gasteiger partial charge in [-0.25, -0.2) is 12.8 Å². The molecular formula is C13H15F4NO3S. The molecule has 1 amide bonds. The molecule has 1 aromatic carbocycles. The van der Waals surface area contributed by atoms with E-state index in [4.69, 9.17) is 0 Å². The van der Waals surface area contributed by atoms with Gasteiger partial charge in [-0.15, -0.1) is 0 Å². The van der Waals surface area contributed by atoms with Crippen LogP contribution in [0.25, 0.3) is 0 Å². The maximum absolute atomic E-state index is 13.5. The molecule has 0 atom stereocenters. The Morgan fingerprint density at radius 1 is 1.23 bits per heavy atom. The summed E-state index contributed by atoms with van der Waals surface area (Å²) in [4.78, 5) is 11.8. The van der Waals surface area contributed by atoms with Crippen molar-refractivity contribution in [2.24, 2.45) is 0 Å². The summed E-state index contributed by atoms with van der Waals surface area (Å²) in [6, 6.07) is 1.45. The molecule has 0 saturated heterocycles. The Morgan fingerprint density at radius 2 is 1.77 bits per heavy atom. The minimum Gasteiger partial charge on any atom is -0.350 e. The Labute approximate surface area is 125 Å². The third-order valence-electron chi connectivity index (χ3n) is 3.22. The number of amides is 1. The number of sulfone groups is 1. The second kappa shape index (κ2) is 5.86. The molecule has 124 valence electrons. The Kier molecular flexibility index (Phi) is 4.91. The fourth-order valence-electron chi connectivity index (χ4n) is 1.40. The first kappa shape index (κ1) is 18.4. The van der Waals surface area contributed by atoms with Crippen LogP contribution < -0.4 is 5.32 Å². The minimum absolute atomic E-state index is 0.361. The first-order valence-corrected chi connectivity index (χ1v) is 7.99. The number of carbonyl (C=O) groups excluding carboxylic acids is 1. The predicted molar refractivity (Wildman–Crippen MR) is 72.7 cm³/mol. The fourth-order valence-corrected chi connectivity index (χ4v) is 1.73. The molecule has 0 aliphatic carbocycles. The van der Waals surface area contributed by atoms with Crippen LogP contribution in [0.1, 0.15) is 29.8 Å². The molecule has 0 fully saturated rings. The van der Waals surface area contributed by atoms with Crippen LogP contribution in [0.5, 0.6) is 0 Å². The van der Waals surface area contributed by atoms with Gasteiger partial charge in [-0.3, -0.25) is 4.79 Å². The lowest BCUT2D eigenvalue weighted by atomic mass is 10.1. The molecule has 1 aromatic rings. The predicted octanol–water partition coefficient (Wildman–Crippen LogP) is 2.40. The summed E-state index contributed by atoms with van der Waals surface area (Å²) >= 11 is 0. The van der Waals surface area contributed by atoms with Gasteiger partial charge in [0.25, 0.3) is 5.91 Å². The number of benzene rings is 1. The molecule has 1 rings (SSSR count). The van der Waals surface area contributed by atoms with Crippen molar-refractivity contribution in [1.82, 2.24) is 5.32 Å². The zero-order valence-electron chi connectivity index (χ0n) is 12.1. The molecule has 0 radical (unpaired) electrons. The van der Waals surface area contributed by atoms with Gasteiger partial charge in [-0.1, -0.05) is 0 Å². The third kappa shape index (κ3) is 4.19. The molecule has 0 aliphatic heterocycles. The van der Waals surface area contributed by atoms with Crippen molar-refractivity contribution in [2.75, 3.05) is 12.8 Å². The van der Waals surface area contributed by atoms with Crippen molar-refractivity contribution < 1.29 is 30.8 Å². The first-order valence-electron chi connectivity index (χ1n) is 6.10. The van der Waals surface area contributed by atoms with Gasteiger partial charge < -0.3 is 5.32 Å². The number of hydrogen-bond donors (Lipinski definition) is 1. The van der Waals surface area contributed by atoms with Gasteiger partial charge in [-0.2, -0.15) is 13.2 Å². The standard InChI is InChI=1S/C13H15F4NO3S/c1-12(2,22(3,20)21)7-18-11(19)9-6-8(13(15,16)17)4-5-10(9)14/h4-6H,7H2,1-3H3,(H,18,19). The zero-order chi connectivity index (χ0) is 17.3. The highest BCUT2D eigenvalue weighted by Gasteiger charge is 2.33. The van der Waals surface area contributed by atoms with E-state index in [1.165, 1.54) is 13.8 Å². The van der Waals surface area contributed by atoms with Crippen molar-refractivity contribution >= 4 is 15.7 Å². The Bertz CT molecular complexity index is 681. The fraction of sp³-hybridized carbons (Fsp3) is 0.462. The van der Waals surface area contributed by atoms with E-state index >= 15 is 0 Å². The van der Waals surface area contributed by atoms with E-state index < -0.39 is 43.6 Å². The van der Waals surface area contributed by atoms with Gasteiger partial charge in [0.1, 0.15) is 5.82 Å². The van der Waals surface area contributed by atoms with Crippen LogP contribution in [-0.4, -0.2) is 31.9 Å². The van der Waals surface area contributed by atoms with E-state index in [-0.39, 0.29) is 6.54 Å². The summed E-state index contributed by atoms with van der Waals surface area (Å²) in [6.07, 6.45) is -3.75. The van der Waals surface area contributed by atoms with Crippen molar-refractivity contribution in [3.8, 4) is 0 Å². The smallest absolute Gasteiger partial charge is 0.350 e. The van der Waals surface area contributed by atoms with Crippen molar-refractivity contribution in [1.29, 1.82) is 0 Å². The second-order valence-corrected chi connectivity index (χ2v) is 8.06. The molecule has 4 nitrogen and oxygen atoms in total. The molecule has 1 N–H and O–H groups in total. The van der Waals surface area contributed by atoms with Gasteiger partial charge in [0.05, 0.1) is 15.9 Å². The largest absolute Gasteiger partial charge is 0.416 e. The van der Waals surface area contributed by atoms with Crippen molar-refractivity contribution in [2.45, 2.75) is 24.8 Å². The van der Waals surface area contributed by atoms with Crippen molar-refractivity contribution in [3.63, 3.8) is 0 Å². The van der Waals surface area contributed by atoms with Gasteiger partial charge >= 0.3 is 6.18 Å². The van der Waals surface area contributed by atoms with E-state index in [2.05, 4.69) is 5.32 Å². The summed E-state index contributed by atoms with van der Waals surface area (Å²) in [5.74, 6) is -2.23. The summed E-state index contributed by atoms with van der Waals surface area (Å²) in [5, 5.41) is 2.14. The highest BCUT2D eigenvalue weighted by Crippen LogP contribution is 2.30. The van der Waals surface area contributed by atoms with E-state index in [9.17, 15) is 30.8 Å². The van der Waals surface area contributed by atoms with E-state index in [1.54, 1.807) is 0 Å². The number of carbonyl (C=O) groups is 1. The number of rotatable bonds is 4. The Morgan fingerprint density at radius 3 is 2.23 bits per heavy atom. The number of alkyl halides is 3. The van der Waals surface area contributed by atoms with E-state index in [0.717, 1.165) is 6.26 Å². The van der Waals surface area contributed by atoms with Crippen LogP contribution >= 0.6 is 0 Å². The molecule has 22 heavy (non-hydrogen) atoms. The third-order valence-corrected chi connectivity index (χ3v) is 5.37. The quantitative estimate of drug-likeness (QED) is 0.856. The average molecular weight is 341 g/mol. The molecule has 9 heteroatoms. The molecule has 0 bridgehead atoms. The Balaban J connectivity index is 3.00. The van der Waals surface area contributed by atoms with Crippen LogP contribution in [0.2, 0.25) is 0 Å².